The lowest BCUT2D eigenvalue weighted by molar-refractivity contribution is 0.360. The van der Waals surface area contributed by atoms with Crippen molar-refractivity contribution in [3.63, 3.8) is 0 Å². The van der Waals surface area contributed by atoms with E-state index >= 15 is 0 Å². The molecule has 1 saturated heterocycles. The van der Waals surface area contributed by atoms with Gasteiger partial charge >= 0.3 is 0 Å². The van der Waals surface area contributed by atoms with Gasteiger partial charge in [0, 0.05) is 25.3 Å². The van der Waals surface area contributed by atoms with E-state index < -0.39 is 0 Å². The number of hydrogen-bond donors (Lipinski definition) is 1. The molecule has 0 radical (unpaired) electrons. The third-order valence-corrected chi connectivity index (χ3v) is 4.03. The molecule has 1 aromatic carbocycles. The van der Waals surface area contributed by atoms with Crippen LogP contribution in [0.25, 0.3) is 11.1 Å². The van der Waals surface area contributed by atoms with E-state index in [-0.39, 0.29) is 0 Å². The predicted octanol–water partition coefficient (Wildman–Crippen LogP) is 2.65. The molecule has 4 nitrogen and oxygen atoms in total. The largest absolute Gasteiger partial charge is 0.443 e. The summed E-state index contributed by atoms with van der Waals surface area (Å²) in [5.74, 6) is 0.824. The molecule has 1 atom stereocenters. The zero-order chi connectivity index (χ0) is 13.1. The van der Waals surface area contributed by atoms with Gasteiger partial charge in [-0.3, -0.25) is 0 Å². The number of piperidine rings is 1. The Balaban J connectivity index is 1.60. The molecule has 19 heavy (non-hydrogen) atoms. The van der Waals surface area contributed by atoms with E-state index in [0.717, 1.165) is 23.6 Å². The van der Waals surface area contributed by atoms with Crippen LogP contribution in [-0.4, -0.2) is 31.7 Å². The summed E-state index contributed by atoms with van der Waals surface area (Å²) in [5, 5.41) is 3.48. The van der Waals surface area contributed by atoms with Crippen LogP contribution in [-0.2, 0) is 0 Å². The molecule has 0 amide bonds. The van der Waals surface area contributed by atoms with Gasteiger partial charge in [0.05, 0.1) is 0 Å². The van der Waals surface area contributed by atoms with Crippen LogP contribution >= 0.6 is 0 Å². The van der Waals surface area contributed by atoms with Crippen molar-refractivity contribution < 1.29 is 4.42 Å². The summed E-state index contributed by atoms with van der Waals surface area (Å²) in [5.41, 5.74) is 2.99. The fraction of sp³-hybridized carbons (Fsp3) is 0.533. The normalized spacial score (nSPS) is 19.7. The first-order valence-electron chi connectivity index (χ1n) is 7.08. The molecule has 1 aromatic heterocycles. The molecule has 1 aliphatic rings. The molecule has 0 saturated carbocycles. The molecule has 2 aromatic rings. The van der Waals surface area contributed by atoms with Gasteiger partial charge in [-0.25, -0.2) is 4.98 Å². The van der Waals surface area contributed by atoms with Crippen LogP contribution in [0.3, 0.4) is 0 Å². The second kappa shape index (κ2) is 5.61. The lowest BCUT2D eigenvalue weighted by atomic mass is 9.96. The Morgan fingerprint density at radius 3 is 3.26 bits per heavy atom. The molecule has 102 valence electrons. The van der Waals surface area contributed by atoms with Crippen LogP contribution in [0.4, 0.5) is 5.69 Å². The minimum atomic E-state index is 0.824. The lowest BCUT2D eigenvalue weighted by Gasteiger charge is -2.26. The van der Waals surface area contributed by atoms with Gasteiger partial charge in [0.1, 0.15) is 5.52 Å². The fourth-order valence-electron chi connectivity index (χ4n) is 2.76. The second-order valence-electron chi connectivity index (χ2n) is 5.43. The molecule has 0 aliphatic carbocycles. The number of oxazole rings is 1. The molecule has 1 N–H and O–H groups in total. The van der Waals surface area contributed by atoms with E-state index in [1.807, 2.05) is 6.07 Å². The van der Waals surface area contributed by atoms with Crippen LogP contribution < -0.4 is 10.2 Å². The smallest absolute Gasteiger partial charge is 0.181 e. The van der Waals surface area contributed by atoms with E-state index in [9.17, 15) is 0 Å². The number of rotatable bonds is 4. The van der Waals surface area contributed by atoms with Crippen molar-refractivity contribution in [3.05, 3.63) is 24.6 Å². The third kappa shape index (κ3) is 2.89. The highest BCUT2D eigenvalue weighted by Crippen LogP contribution is 2.22. The summed E-state index contributed by atoms with van der Waals surface area (Å²) in [6.45, 7) is 3.45. The minimum absolute atomic E-state index is 0.824. The first kappa shape index (κ1) is 12.5. The van der Waals surface area contributed by atoms with Crippen molar-refractivity contribution in [2.75, 3.05) is 31.6 Å². The second-order valence-corrected chi connectivity index (χ2v) is 5.43. The molecule has 0 spiro atoms. The lowest BCUT2D eigenvalue weighted by Crippen LogP contribution is -2.32. The molecule has 3 rings (SSSR count). The van der Waals surface area contributed by atoms with Gasteiger partial charge < -0.3 is 14.6 Å². The molecule has 4 heteroatoms. The fourth-order valence-corrected chi connectivity index (χ4v) is 2.76. The summed E-state index contributed by atoms with van der Waals surface area (Å²) in [4.78, 5) is 6.45. The highest BCUT2D eigenvalue weighted by atomic mass is 16.3. The van der Waals surface area contributed by atoms with E-state index in [2.05, 4.69) is 34.4 Å². The Labute approximate surface area is 113 Å². The van der Waals surface area contributed by atoms with Gasteiger partial charge in [0.15, 0.2) is 12.0 Å². The monoisotopic (exact) mass is 259 g/mol. The summed E-state index contributed by atoms with van der Waals surface area (Å²) < 4.78 is 5.36. The number of fused-ring (bicyclic) bond motifs is 1. The predicted molar refractivity (Wildman–Crippen MR) is 77.5 cm³/mol. The van der Waals surface area contributed by atoms with Crippen molar-refractivity contribution in [1.82, 2.24) is 10.3 Å². The van der Waals surface area contributed by atoms with E-state index in [1.54, 1.807) is 0 Å². The van der Waals surface area contributed by atoms with E-state index in [0.29, 0.717) is 0 Å². The third-order valence-electron chi connectivity index (χ3n) is 4.03. The molecule has 1 fully saturated rings. The van der Waals surface area contributed by atoms with E-state index in [1.165, 1.54) is 44.4 Å². The quantitative estimate of drug-likeness (QED) is 0.916. The van der Waals surface area contributed by atoms with Gasteiger partial charge in [-0.15, -0.1) is 0 Å². The number of nitrogens with one attached hydrogen (secondary N) is 1. The molecule has 1 unspecified atom stereocenters. The molecule has 1 aliphatic heterocycles. The Morgan fingerprint density at radius 1 is 1.47 bits per heavy atom. The molecule has 2 heterocycles. The van der Waals surface area contributed by atoms with Gasteiger partial charge in [-0.1, -0.05) is 0 Å². The maximum atomic E-state index is 5.36. The average molecular weight is 259 g/mol. The van der Waals surface area contributed by atoms with Crippen molar-refractivity contribution in [2.45, 2.75) is 19.3 Å². The molecular weight excluding hydrogens is 238 g/mol. The summed E-state index contributed by atoms with van der Waals surface area (Å²) >= 11 is 0. The Bertz CT molecular complexity index is 531. The van der Waals surface area contributed by atoms with Gasteiger partial charge in [-0.2, -0.15) is 0 Å². The SMILES string of the molecule is CN(CCC1CCCNC1)c1ccc2ncoc2c1. The standard InChI is InChI=1S/C15H21N3O/c1-18(8-6-12-3-2-7-16-10-12)13-4-5-14-15(9-13)19-11-17-14/h4-5,9,11-12,16H,2-3,6-8,10H2,1H3. The van der Waals surface area contributed by atoms with Crippen molar-refractivity contribution in [3.8, 4) is 0 Å². The van der Waals surface area contributed by atoms with Crippen molar-refractivity contribution >= 4 is 16.8 Å². The topological polar surface area (TPSA) is 41.3 Å². The number of benzene rings is 1. The van der Waals surface area contributed by atoms with Crippen LogP contribution in [0.5, 0.6) is 0 Å². The Morgan fingerprint density at radius 2 is 2.42 bits per heavy atom. The van der Waals surface area contributed by atoms with Crippen LogP contribution in [0.1, 0.15) is 19.3 Å². The zero-order valence-electron chi connectivity index (χ0n) is 11.4. The summed E-state index contributed by atoms with van der Waals surface area (Å²) in [7, 11) is 2.15. The number of hydrogen-bond acceptors (Lipinski definition) is 4. The Kier molecular flexibility index (Phi) is 3.69. The van der Waals surface area contributed by atoms with Crippen molar-refractivity contribution in [1.29, 1.82) is 0 Å². The molecular formula is C15H21N3O. The van der Waals surface area contributed by atoms with E-state index in [4.69, 9.17) is 4.42 Å². The highest BCUT2D eigenvalue weighted by molar-refractivity contribution is 5.76. The maximum absolute atomic E-state index is 5.36. The number of nitrogens with zero attached hydrogens (tertiary/aromatic N) is 2. The minimum Gasteiger partial charge on any atom is -0.443 e. The molecule has 0 bridgehead atoms. The number of anilines is 1. The van der Waals surface area contributed by atoms with Crippen LogP contribution in [0.2, 0.25) is 0 Å². The van der Waals surface area contributed by atoms with Gasteiger partial charge in [-0.05, 0) is 50.4 Å². The summed E-state index contributed by atoms with van der Waals surface area (Å²) in [6, 6.07) is 6.21. The average Bonchev–Trinajstić information content (AvgIpc) is 2.93. The Hall–Kier alpha value is -1.55. The van der Waals surface area contributed by atoms with Crippen molar-refractivity contribution in [2.24, 2.45) is 5.92 Å². The highest BCUT2D eigenvalue weighted by Gasteiger charge is 2.14. The zero-order valence-corrected chi connectivity index (χ0v) is 11.4. The number of aromatic nitrogens is 1. The van der Waals surface area contributed by atoms with Gasteiger partial charge in [0.25, 0.3) is 0 Å². The maximum Gasteiger partial charge on any atom is 0.181 e. The first-order valence-corrected chi connectivity index (χ1v) is 7.08. The van der Waals surface area contributed by atoms with Gasteiger partial charge in [0.2, 0.25) is 0 Å². The first-order chi connectivity index (χ1) is 9.33. The van der Waals surface area contributed by atoms with Crippen LogP contribution in [0, 0.1) is 5.92 Å². The van der Waals surface area contributed by atoms with Crippen LogP contribution in [0.15, 0.2) is 29.0 Å². The summed E-state index contributed by atoms with van der Waals surface area (Å²) in [6.07, 6.45) is 5.43.